The van der Waals surface area contributed by atoms with Crippen molar-refractivity contribution < 1.29 is 23.9 Å². The lowest BCUT2D eigenvalue weighted by Gasteiger charge is -2.21. The van der Waals surface area contributed by atoms with Gasteiger partial charge in [-0.15, -0.1) is 0 Å². The maximum atomic E-state index is 9.56. The Labute approximate surface area is 183 Å². The summed E-state index contributed by atoms with van der Waals surface area (Å²) in [5.74, 6) is 1.52. The number of aromatic nitrogens is 2. The fraction of sp³-hybridized carbons (Fsp3) is 0.273. The maximum absolute atomic E-state index is 9.56. The van der Waals surface area contributed by atoms with Crippen LogP contribution in [-0.2, 0) is 5.54 Å². The van der Waals surface area contributed by atoms with Crippen molar-refractivity contribution in [3.8, 4) is 28.6 Å². The van der Waals surface area contributed by atoms with E-state index < -0.39 is 18.8 Å². The molecule has 31 heavy (non-hydrogen) atoms. The van der Waals surface area contributed by atoms with Gasteiger partial charge in [0.1, 0.15) is 22.6 Å². The van der Waals surface area contributed by atoms with Crippen LogP contribution in [-0.4, -0.2) is 40.2 Å². The molecule has 0 unspecified atom stereocenters. The lowest BCUT2D eigenvalue weighted by molar-refractivity contribution is 0.105. The zero-order valence-corrected chi connectivity index (χ0v) is 17.6. The second-order valence-corrected chi connectivity index (χ2v) is 7.62. The van der Waals surface area contributed by atoms with Gasteiger partial charge in [0, 0.05) is 16.5 Å². The summed E-state index contributed by atoms with van der Waals surface area (Å²) in [7, 11) is 0. The van der Waals surface area contributed by atoms with Gasteiger partial charge in [-0.05, 0) is 36.8 Å². The van der Waals surface area contributed by atoms with Crippen LogP contribution in [0.4, 0.5) is 0 Å². The number of hydrogen-bond acceptors (Lipinski definition) is 8. The Morgan fingerprint density at radius 3 is 2.68 bits per heavy atom. The molecule has 8 nitrogen and oxygen atoms in total. The monoisotopic (exact) mass is 443 g/mol. The van der Waals surface area contributed by atoms with E-state index in [1.165, 1.54) is 0 Å². The first kappa shape index (κ1) is 21.3. The maximum Gasteiger partial charge on any atom is 0.258 e. The third-order valence-corrected chi connectivity index (χ3v) is 5.22. The average molecular weight is 444 g/mol. The number of furan rings is 1. The Morgan fingerprint density at radius 2 is 1.97 bits per heavy atom. The van der Waals surface area contributed by atoms with Gasteiger partial charge in [-0.25, -0.2) is 0 Å². The standard InChI is InChI=1S/C22H22ClN3O5/c1-2-8-29-18-7-6-13(9-16(18)23)21-25-20(26-31-21)14-4-3-5-17-15(14)10-19(30-17)22(24,11-27)12-28/h3-7,9-10,27-28H,2,8,11-12,24H2,1H3. The molecule has 2 aromatic heterocycles. The minimum absolute atomic E-state index is 0.262. The molecule has 4 aromatic rings. The van der Waals surface area contributed by atoms with E-state index in [2.05, 4.69) is 10.1 Å². The van der Waals surface area contributed by atoms with Crippen LogP contribution < -0.4 is 10.5 Å². The molecule has 4 rings (SSSR count). The Balaban J connectivity index is 1.69. The molecule has 0 saturated carbocycles. The molecule has 0 amide bonds. The summed E-state index contributed by atoms with van der Waals surface area (Å²) in [6.45, 7) is 1.66. The molecule has 2 aromatic carbocycles. The Hall–Kier alpha value is -2.91. The van der Waals surface area contributed by atoms with E-state index >= 15 is 0 Å². The van der Waals surface area contributed by atoms with Crippen LogP contribution in [0.2, 0.25) is 5.02 Å². The quantitative estimate of drug-likeness (QED) is 0.376. The molecule has 0 aliphatic heterocycles. The van der Waals surface area contributed by atoms with Gasteiger partial charge in [0.05, 0.1) is 24.8 Å². The van der Waals surface area contributed by atoms with Gasteiger partial charge < -0.3 is 29.6 Å². The number of nitrogens with zero attached hydrogens (tertiary/aromatic N) is 2. The van der Waals surface area contributed by atoms with Crippen molar-refractivity contribution in [1.29, 1.82) is 0 Å². The van der Waals surface area contributed by atoms with E-state index in [0.717, 1.165) is 6.42 Å². The van der Waals surface area contributed by atoms with Crippen molar-refractivity contribution in [2.24, 2.45) is 5.73 Å². The van der Waals surface area contributed by atoms with Gasteiger partial charge in [-0.2, -0.15) is 4.98 Å². The Morgan fingerprint density at radius 1 is 1.16 bits per heavy atom. The highest BCUT2D eigenvalue weighted by Crippen LogP contribution is 2.34. The van der Waals surface area contributed by atoms with Gasteiger partial charge in [0.15, 0.2) is 0 Å². The summed E-state index contributed by atoms with van der Waals surface area (Å²) < 4.78 is 16.8. The van der Waals surface area contributed by atoms with Crippen LogP contribution in [0, 0.1) is 0 Å². The molecule has 9 heteroatoms. The molecule has 4 N–H and O–H groups in total. The zero-order valence-electron chi connectivity index (χ0n) is 16.8. The molecule has 0 bridgehead atoms. The molecular weight excluding hydrogens is 422 g/mol. The number of nitrogens with two attached hydrogens (primary N) is 1. The number of fused-ring (bicyclic) bond motifs is 1. The van der Waals surface area contributed by atoms with Crippen molar-refractivity contribution in [1.82, 2.24) is 10.1 Å². The number of ether oxygens (including phenoxy) is 1. The van der Waals surface area contributed by atoms with Crippen LogP contribution in [0.3, 0.4) is 0 Å². The summed E-state index contributed by atoms with van der Waals surface area (Å²) in [5.41, 5.74) is 6.50. The first-order chi connectivity index (χ1) is 15.0. The van der Waals surface area contributed by atoms with Crippen LogP contribution in [0.25, 0.3) is 33.8 Å². The minimum atomic E-state index is -1.39. The van der Waals surface area contributed by atoms with Gasteiger partial charge in [-0.1, -0.05) is 35.8 Å². The van der Waals surface area contributed by atoms with Crippen molar-refractivity contribution in [2.75, 3.05) is 19.8 Å². The first-order valence-electron chi connectivity index (χ1n) is 9.79. The Kier molecular flexibility index (Phi) is 5.97. The molecule has 162 valence electrons. The molecular formula is C22H22ClN3O5. The minimum Gasteiger partial charge on any atom is -0.492 e. The summed E-state index contributed by atoms with van der Waals surface area (Å²) in [6.07, 6.45) is 0.883. The number of hydrogen-bond donors (Lipinski definition) is 3. The molecule has 0 aliphatic carbocycles. The van der Waals surface area contributed by atoms with Crippen molar-refractivity contribution in [2.45, 2.75) is 18.9 Å². The summed E-state index contributed by atoms with van der Waals surface area (Å²) in [6, 6.07) is 12.3. The second kappa shape index (κ2) is 8.68. The molecule has 0 saturated heterocycles. The third kappa shape index (κ3) is 4.03. The van der Waals surface area contributed by atoms with E-state index in [-0.39, 0.29) is 5.76 Å². The summed E-state index contributed by atoms with van der Waals surface area (Å²) >= 11 is 6.31. The smallest absolute Gasteiger partial charge is 0.258 e. The van der Waals surface area contributed by atoms with Crippen molar-refractivity contribution >= 4 is 22.6 Å². The van der Waals surface area contributed by atoms with E-state index in [1.807, 2.05) is 13.0 Å². The predicted molar refractivity (Wildman–Crippen MR) is 116 cm³/mol. The van der Waals surface area contributed by atoms with Gasteiger partial charge >= 0.3 is 0 Å². The number of aliphatic hydroxyl groups excluding tert-OH is 2. The number of rotatable bonds is 8. The van der Waals surface area contributed by atoms with E-state index in [4.69, 9.17) is 31.0 Å². The first-order valence-corrected chi connectivity index (χ1v) is 10.2. The highest BCUT2D eigenvalue weighted by molar-refractivity contribution is 6.32. The second-order valence-electron chi connectivity index (χ2n) is 7.22. The molecule has 2 heterocycles. The molecule has 0 fully saturated rings. The fourth-order valence-corrected chi connectivity index (χ4v) is 3.36. The van der Waals surface area contributed by atoms with Gasteiger partial charge in [-0.3, -0.25) is 0 Å². The van der Waals surface area contributed by atoms with Crippen LogP contribution in [0.5, 0.6) is 5.75 Å². The number of halogens is 1. The Bertz CT molecular complexity index is 1200. The van der Waals surface area contributed by atoms with Gasteiger partial charge in [0.2, 0.25) is 5.82 Å². The summed E-state index contributed by atoms with van der Waals surface area (Å²) in [4.78, 5) is 4.50. The highest BCUT2D eigenvalue weighted by Gasteiger charge is 2.30. The normalized spacial score (nSPS) is 11.9. The van der Waals surface area contributed by atoms with Crippen LogP contribution >= 0.6 is 11.6 Å². The number of aliphatic hydroxyl groups is 2. The van der Waals surface area contributed by atoms with E-state index in [9.17, 15) is 10.2 Å². The topological polar surface area (TPSA) is 128 Å². The third-order valence-electron chi connectivity index (χ3n) is 4.92. The SMILES string of the molecule is CCCOc1ccc(-c2nc(-c3cccc4oc(C(N)(CO)CO)cc34)no2)cc1Cl. The van der Waals surface area contributed by atoms with Crippen molar-refractivity contribution in [3.05, 3.63) is 53.2 Å². The van der Waals surface area contributed by atoms with E-state index in [0.29, 0.717) is 51.2 Å². The average Bonchev–Trinajstić information content (AvgIpc) is 3.45. The summed E-state index contributed by atoms with van der Waals surface area (Å²) in [5, 5.41) is 24.4. The molecule has 0 atom stereocenters. The molecule has 0 spiro atoms. The largest absolute Gasteiger partial charge is 0.492 e. The number of benzene rings is 2. The van der Waals surface area contributed by atoms with Crippen LogP contribution in [0.15, 0.2) is 51.4 Å². The lowest BCUT2D eigenvalue weighted by Crippen LogP contribution is -2.43. The van der Waals surface area contributed by atoms with E-state index in [1.54, 1.807) is 36.4 Å². The van der Waals surface area contributed by atoms with Crippen LogP contribution in [0.1, 0.15) is 19.1 Å². The lowest BCUT2D eigenvalue weighted by atomic mass is 9.99. The highest BCUT2D eigenvalue weighted by atomic mass is 35.5. The zero-order chi connectivity index (χ0) is 22.0. The predicted octanol–water partition coefficient (Wildman–Crippen LogP) is 3.73. The molecule has 0 radical (unpaired) electrons. The fourth-order valence-electron chi connectivity index (χ4n) is 3.12. The van der Waals surface area contributed by atoms with Crippen molar-refractivity contribution in [3.63, 3.8) is 0 Å². The molecule has 0 aliphatic rings. The van der Waals surface area contributed by atoms with Gasteiger partial charge in [0.25, 0.3) is 5.89 Å².